The maximum Gasteiger partial charge on any atom is 0.270 e. The van der Waals surface area contributed by atoms with E-state index >= 15 is 0 Å². The van der Waals surface area contributed by atoms with Gasteiger partial charge in [-0.3, -0.25) is 29.5 Å². The fourth-order valence-corrected chi connectivity index (χ4v) is 4.68. The average molecular weight is 566 g/mol. The van der Waals surface area contributed by atoms with Crippen molar-refractivity contribution in [1.29, 1.82) is 0 Å². The summed E-state index contributed by atoms with van der Waals surface area (Å²) in [4.78, 5) is 41.0. The van der Waals surface area contributed by atoms with Gasteiger partial charge in [-0.25, -0.2) is 0 Å². The van der Waals surface area contributed by atoms with E-state index in [4.69, 9.17) is 21.7 Å². The standard InChI is InChI=1S/C31H23N3O6S/c1-39-26-16-15-22(28(19-26)40-20-21-9-8-14-25(17-21)34(37)38)18-27-29(35)32(23-10-4-2-5-11-23)31(41)33(30(27)36)24-12-6-3-7-13-24/h2-19H,20H2,1H3. The minimum atomic E-state index is -0.584. The Kier molecular flexibility index (Phi) is 7.84. The molecule has 0 aromatic heterocycles. The van der Waals surface area contributed by atoms with Crippen LogP contribution in [0.15, 0.2) is 109 Å². The SMILES string of the molecule is COc1ccc(C=C2C(=O)N(c3ccccc3)C(=S)N(c3ccccc3)C2=O)c(OCc2cccc([N+](=O)[O-])c2)c1. The number of methoxy groups -OCH3 is 1. The van der Waals surface area contributed by atoms with E-state index in [1.54, 1.807) is 78.9 Å². The van der Waals surface area contributed by atoms with Crippen molar-refractivity contribution >= 4 is 52.3 Å². The largest absolute Gasteiger partial charge is 0.497 e. The van der Waals surface area contributed by atoms with Crippen LogP contribution in [0.3, 0.4) is 0 Å². The van der Waals surface area contributed by atoms with E-state index in [1.807, 2.05) is 12.1 Å². The molecule has 0 atom stereocenters. The number of nitro groups is 1. The molecule has 0 radical (unpaired) electrons. The summed E-state index contributed by atoms with van der Waals surface area (Å²) in [6.45, 7) is 0.00325. The third-order valence-electron chi connectivity index (χ3n) is 6.31. The highest BCUT2D eigenvalue weighted by atomic mass is 32.1. The lowest BCUT2D eigenvalue weighted by Gasteiger charge is -2.36. The van der Waals surface area contributed by atoms with Crippen LogP contribution in [-0.4, -0.2) is 29.0 Å². The molecule has 41 heavy (non-hydrogen) atoms. The molecule has 0 unspecified atom stereocenters. The Morgan fingerprint density at radius 3 is 2.00 bits per heavy atom. The summed E-state index contributed by atoms with van der Waals surface area (Å²) < 4.78 is 11.4. The molecule has 1 fully saturated rings. The van der Waals surface area contributed by atoms with Crippen LogP contribution in [0.25, 0.3) is 6.08 Å². The van der Waals surface area contributed by atoms with Gasteiger partial charge in [0.05, 0.1) is 23.4 Å². The van der Waals surface area contributed by atoms with Crippen LogP contribution in [0.1, 0.15) is 11.1 Å². The van der Waals surface area contributed by atoms with Crippen molar-refractivity contribution in [2.24, 2.45) is 0 Å². The maximum atomic E-state index is 13.8. The third-order valence-corrected chi connectivity index (χ3v) is 6.68. The monoisotopic (exact) mass is 565 g/mol. The van der Waals surface area contributed by atoms with Crippen LogP contribution in [0.5, 0.6) is 11.5 Å². The number of ether oxygens (including phenoxy) is 2. The number of hydrogen-bond donors (Lipinski definition) is 0. The van der Waals surface area contributed by atoms with Crippen molar-refractivity contribution < 1.29 is 24.0 Å². The van der Waals surface area contributed by atoms with Crippen molar-refractivity contribution in [2.45, 2.75) is 6.61 Å². The number of carbonyl (C=O) groups is 2. The number of non-ortho nitro benzene ring substituents is 1. The number of rotatable bonds is 8. The smallest absolute Gasteiger partial charge is 0.270 e. The average Bonchev–Trinajstić information content (AvgIpc) is 3.00. The molecule has 4 aromatic rings. The molecule has 10 heteroatoms. The van der Waals surface area contributed by atoms with Crippen LogP contribution < -0.4 is 19.3 Å². The molecule has 0 spiro atoms. The second-order valence-electron chi connectivity index (χ2n) is 8.91. The topological polar surface area (TPSA) is 102 Å². The van der Waals surface area contributed by atoms with Gasteiger partial charge in [0.25, 0.3) is 17.5 Å². The van der Waals surface area contributed by atoms with Gasteiger partial charge in [0.15, 0.2) is 5.11 Å². The molecule has 1 aliphatic heterocycles. The Morgan fingerprint density at radius 1 is 0.829 bits per heavy atom. The number of carbonyl (C=O) groups excluding carboxylic acids is 2. The summed E-state index contributed by atoms with van der Waals surface area (Å²) in [6, 6.07) is 28.8. The zero-order valence-electron chi connectivity index (χ0n) is 21.8. The van der Waals surface area contributed by atoms with Crippen molar-refractivity contribution in [3.8, 4) is 11.5 Å². The molecule has 2 amide bonds. The lowest BCUT2D eigenvalue weighted by atomic mass is 10.0. The first-order chi connectivity index (χ1) is 19.9. The van der Waals surface area contributed by atoms with Gasteiger partial charge in [0, 0.05) is 23.8 Å². The first-order valence-corrected chi connectivity index (χ1v) is 12.9. The van der Waals surface area contributed by atoms with E-state index in [2.05, 4.69) is 0 Å². The zero-order chi connectivity index (χ0) is 28.9. The molecule has 4 aromatic carbocycles. The van der Waals surface area contributed by atoms with Gasteiger partial charge in [-0.15, -0.1) is 0 Å². The first kappa shape index (κ1) is 27.2. The van der Waals surface area contributed by atoms with Gasteiger partial charge in [0.1, 0.15) is 23.7 Å². The number of nitro benzene ring substituents is 1. The number of benzene rings is 4. The molecule has 0 aliphatic carbocycles. The summed E-state index contributed by atoms with van der Waals surface area (Å²) in [5, 5.41) is 11.2. The Labute approximate surface area is 241 Å². The van der Waals surface area contributed by atoms with Crippen LogP contribution in [0.2, 0.25) is 0 Å². The molecule has 1 saturated heterocycles. The second-order valence-corrected chi connectivity index (χ2v) is 9.28. The number of thiocarbonyl (C=S) groups is 1. The molecule has 0 saturated carbocycles. The fraction of sp³-hybridized carbons (Fsp3) is 0.0645. The van der Waals surface area contributed by atoms with Gasteiger partial charge in [-0.05, 0) is 60.3 Å². The van der Waals surface area contributed by atoms with E-state index in [1.165, 1.54) is 35.1 Å². The summed E-state index contributed by atoms with van der Waals surface area (Å²) in [7, 11) is 1.50. The van der Waals surface area contributed by atoms with E-state index < -0.39 is 16.7 Å². The summed E-state index contributed by atoms with van der Waals surface area (Å²) in [6.07, 6.45) is 1.46. The summed E-state index contributed by atoms with van der Waals surface area (Å²) >= 11 is 5.66. The highest BCUT2D eigenvalue weighted by Gasteiger charge is 2.41. The predicted molar refractivity (Wildman–Crippen MR) is 159 cm³/mol. The molecular formula is C31H23N3O6S. The van der Waals surface area contributed by atoms with E-state index in [9.17, 15) is 19.7 Å². The highest BCUT2D eigenvalue weighted by molar-refractivity contribution is 7.81. The number of anilines is 2. The van der Waals surface area contributed by atoms with E-state index in [-0.39, 0.29) is 23.0 Å². The van der Waals surface area contributed by atoms with Crippen LogP contribution in [-0.2, 0) is 16.2 Å². The number of amides is 2. The van der Waals surface area contributed by atoms with Crippen molar-refractivity contribution in [3.05, 3.63) is 130 Å². The molecule has 1 heterocycles. The Balaban J connectivity index is 1.57. The van der Waals surface area contributed by atoms with Crippen molar-refractivity contribution in [2.75, 3.05) is 16.9 Å². The van der Waals surface area contributed by atoms with Crippen molar-refractivity contribution in [1.82, 2.24) is 0 Å². The van der Waals surface area contributed by atoms with E-state index in [0.29, 0.717) is 34.0 Å². The van der Waals surface area contributed by atoms with Crippen LogP contribution in [0.4, 0.5) is 17.1 Å². The van der Waals surface area contributed by atoms with Gasteiger partial charge < -0.3 is 9.47 Å². The highest BCUT2D eigenvalue weighted by Crippen LogP contribution is 2.33. The molecule has 5 rings (SSSR count). The van der Waals surface area contributed by atoms with Gasteiger partial charge >= 0.3 is 0 Å². The lowest BCUT2D eigenvalue weighted by molar-refractivity contribution is -0.384. The quantitative estimate of drug-likeness (QED) is 0.0858. The normalized spacial score (nSPS) is 13.3. The summed E-state index contributed by atoms with van der Waals surface area (Å²) in [5.74, 6) is -0.368. The van der Waals surface area contributed by atoms with Gasteiger partial charge in [-0.2, -0.15) is 0 Å². The van der Waals surface area contributed by atoms with E-state index in [0.717, 1.165) is 0 Å². The lowest BCUT2D eigenvalue weighted by Crippen LogP contribution is -2.56. The first-order valence-electron chi connectivity index (χ1n) is 12.5. The molecule has 9 nitrogen and oxygen atoms in total. The number of para-hydroxylation sites is 2. The minimum absolute atomic E-state index is 0.00325. The van der Waals surface area contributed by atoms with Gasteiger partial charge in [-0.1, -0.05) is 48.5 Å². The summed E-state index contributed by atoms with van der Waals surface area (Å²) in [5.41, 5.74) is 1.84. The van der Waals surface area contributed by atoms with Gasteiger partial charge in [0.2, 0.25) is 0 Å². The van der Waals surface area contributed by atoms with Crippen LogP contribution >= 0.6 is 12.2 Å². The molecular weight excluding hydrogens is 542 g/mol. The Hall–Kier alpha value is -5.35. The molecule has 204 valence electrons. The number of hydrogen-bond acceptors (Lipinski definition) is 7. The minimum Gasteiger partial charge on any atom is -0.497 e. The van der Waals surface area contributed by atoms with Crippen molar-refractivity contribution in [3.63, 3.8) is 0 Å². The fourth-order valence-electron chi connectivity index (χ4n) is 4.30. The zero-order valence-corrected chi connectivity index (χ0v) is 22.6. The predicted octanol–water partition coefficient (Wildman–Crippen LogP) is 5.93. The number of nitrogens with zero attached hydrogens (tertiary/aromatic N) is 3. The van der Waals surface area contributed by atoms with Crippen LogP contribution in [0, 0.1) is 10.1 Å². The third kappa shape index (κ3) is 5.68. The molecule has 1 aliphatic rings. The Bertz CT molecular complexity index is 1610. The second kappa shape index (κ2) is 11.8. The maximum absolute atomic E-state index is 13.8. The molecule has 0 bridgehead atoms. The Morgan fingerprint density at radius 2 is 1.44 bits per heavy atom. The molecule has 0 N–H and O–H groups in total.